The maximum Gasteiger partial charge on any atom is 0.276 e. The Labute approximate surface area is 140 Å². The van der Waals surface area contributed by atoms with Crippen LogP contribution in [-0.2, 0) is 0 Å². The first-order valence-electron chi connectivity index (χ1n) is 6.70. The summed E-state index contributed by atoms with van der Waals surface area (Å²) in [6.07, 6.45) is 0.920. The minimum absolute atomic E-state index is 0.148. The summed E-state index contributed by atoms with van der Waals surface area (Å²) < 4.78 is 0. The number of carboxylic acids is 1. The Kier molecular flexibility index (Phi) is 4.73. The number of benzene rings is 2. The molecule has 0 N–H and O–H groups in total. The van der Waals surface area contributed by atoms with Crippen molar-refractivity contribution in [2.24, 2.45) is 4.99 Å². The molecule has 2 aromatic carbocycles. The van der Waals surface area contributed by atoms with Crippen LogP contribution in [0.5, 0.6) is 5.75 Å². The molecule has 10 heteroatoms. The van der Waals surface area contributed by atoms with Crippen LogP contribution in [0.4, 0.5) is 17.1 Å². The van der Waals surface area contributed by atoms with Crippen molar-refractivity contribution in [1.82, 2.24) is 0 Å². The lowest BCUT2D eigenvalue weighted by Gasteiger charge is -2.10. The molecule has 0 spiro atoms. The van der Waals surface area contributed by atoms with Gasteiger partial charge in [-0.2, -0.15) is 0 Å². The summed E-state index contributed by atoms with van der Waals surface area (Å²) in [4.78, 5) is 34.6. The van der Waals surface area contributed by atoms with Gasteiger partial charge in [-0.3, -0.25) is 25.2 Å². The van der Waals surface area contributed by atoms with Gasteiger partial charge in [-0.05, 0) is 35.4 Å². The van der Waals surface area contributed by atoms with E-state index in [1.54, 1.807) is 6.92 Å². The van der Waals surface area contributed by atoms with Gasteiger partial charge in [0.25, 0.3) is 11.4 Å². The minimum atomic E-state index is -1.42. The summed E-state index contributed by atoms with van der Waals surface area (Å²) in [7, 11) is 0. The summed E-state index contributed by atoms with van der Waals surface area (Å²) in [6.45, 7) is 1.62. The van der Waals surface area contributed by atoms with E-state index < -0.39 is 32.9 Å². The van der Waals surface area contributed by atoms with Crippen molar-refractivity contribution < 1.29 is 24.9 Å². The third-order valence-corrected chi connectivity index (χ3v) is 3.28. The van der Waals surface area contributed by atoms with Crippen molar-refractivity contribution in [2.45, 2.75) is 6.92 Å². The Balaban J connectivity index is 2.54. The molecule has 10 nitrogen and oxygen atoms in total. The number of nitro benzene ring substituents is 2. The van der Waals surface area contributed by atoms with Crippen molar-refractivity contribution in [3.8, 4) is 5.75 Å². The van der Waals surface area contributed by atoms with Gasteiger partial charge in [0.1, 0.15) is 0 Å². The van der Waals surface area contributed by atoms with Crippen LogP contribution >= 0.6 is 0 Å². The number of hydrogen-bond donors (Lipinski definition) is 0. The number of carbonyl (C=O) groups is 1. The topological polar surface area (TPSA) is 162 Å². The van der Waals surface area contributed by atoms with Gasteiger partial charge in [0.2, 0.25) is 0 Å². The quantitative estimate of drug-likeness (QED) is 0.444. The molecule has 0 fully saturated rings. The zero-order valence-electron chi connectivity index (χ0n) is 12.7. The second kappa shape index (κ2) is 6.74. The zero-order chi connectivity index (χ0) is 18.7. The van der Waals surface area contributed by atoms with Gasteiger partial charge >= 0.3 is 0 Å². The monoisotopic (exact) mass is 343 g/mol. The average Bonchev–Trinajstić information content (AvgIpc) is 2.54. The molecule has 0 aliphatic rings. The minimum Gasteiger partial charge on any atom is -0.867 e. The van der Waals surface area contributed by atoms with E-state index >= 15 is 0 Å². The van der Waals surface area contributed by atoms with E-state index in [0.29, 0.717) is 11.6 Å². The Morgan fingerprint density at radius 3 is 2.36 bits per heavy atom. The molecule has 0 saturated heterocycles. The maximum absolute atomic E-state index is 12.0. The molecule has 0 radical (unpaired) electrons. The third-order valence-electron chi connectivity index (χ3n) is 3.28. The van der Waals surface area contributed by atoms with Crippen molar-refractivity contribution in [3.63, 3.8) is 0 Å². The smallest absolute Gasteiger partial charge is 0.276 e. The first kappa shape index (κ1) is 17.5. The molecule has 0 aromatic heterocycles. The van der Waals surface area contributed by atoms with Gasteiger partial charge in [-0.25, -0.2) is 0 Å². The first-order valence-corrected chi connectivity index (χ1v) is 6.70. The van der Waals surface area contributed by atoms with Gasteiger partial charge in [-0.1, -0.05) is 12.1 Å². The first-order chi connectivity index (χ1) is 11.7. The van der Waals surface area contributed by atoms with Crippen molar-refractivity contribution >= 4 is 29.2 Å². The second-order valence-electron chi connectivity index (χ2n) is 4.94. The van der Waals surface area contributed by atoms with Gasteiger partial charge in [0.05, 0.1) is 27.6 Å². The van der Waals surface area contributed by atoms with Crippen LogP contribution in [0.25, 0.3) is 0 Å². The summed E-state index contributed by atoms with van der Waals surface area (Å²) in [5.74, 6) is -2.46. The summed E-state index contributed by atoms with van der Waals surface area (Å²) in [6, 6.07) is 5.39. The maximum atomic E-state index is 12.0. The Bertz CT molecular complexity index is 922. The number of nitro groups is 2. The molecule has 0 amide bonds. The van der Waals surface area contributed by atoms with Gasteiger partial charge in [0.15, 0.2) is 0 Å². The number of carbonyl (C=O) groups excluding carboxylic acids is 1. The molecule has 0 atom stereocenters. The predicted molar refractivity (Wildman–Crippen MR) is 82.0 cm³/mol. The number of carboxylic acid groups (broad SMARTS) is 1. The summed E-state index contributed by atoms with van der Waals surface area (Å²) in [5, 5.41) is 44.6. The molecule has 0 bridgehead atoms. The van der Waals surface area contributed by atoms with Crippen LogP contribution in [0.15, 0.2) is 35.3 Å². The lowest BCUT2D eigenvalue weighted by atomic mass is 10.1. The number of non-ortho nitro benzene ring substituents is 1. The van der Waals surface area contributed by atoms with E-state index in [2.05, 4.69) is 4.99 Å². The highest BCUT2D eigenvalue weighted by Crippen LogP contribution is 2.31. The molecular formula is C15H9N3O7-2. The van der Waals surface area contributed by atoms with Crippen molar-refractivity contribution in [1.29, 1.82) is 0 Å². The average molecular weight is 343 g/mol. The molecule has 2 rings (SSSR count). The number of aryl methyl sites for hydroxylation is 1. The highest BCUT2D eigenvalue weighted by molar-refractivity contribution is 5.90. The summed E-state index contributed by atoms with van der Waals surface area (Å²) >= 11 is 0. The number of aliphatic imine (C=N–C) groups is 1. The lowest BCUT2D eigenvalue weighted by molar-refractivity contribution is -0.403. The highest BCUT2D eigenvalue weighted by atomic mass is 16.6. The molecule has 0 aliphatic heterocycles. The van der Waals surface area contributed by atoms with Crippen LogP contribution in [0, 0.1) is 27.2 Å². The molecule has 128 valence electrons. The molecular weight excluding hydrogens is 334 g/mol. The third kappa shape index (κ3) is 3.75. The highest BCUT2D eigenvalue weighted by Gasteiger charge is 2.18. The molecule has 0 aliphatic carbocycles. The number of aromatic carboxylic acids is 1. The van der Waals surface area contributed by atoms with E-state index in [1.165, 1.54) is 18.2 Å². The second-order valence-corrected chi connectivity index (χ2v) is 4.94. The van der Waals surface area contributed by atoms with Crippen LogP contribution in [0.2, 0.25) is 0 Å². The predicted octanol–water partition coefficient (Wildman–Crippen LogP) is 0.999. The lowest BCUT2D eigenvalue weighted by Crippen LogP contribution is -2.22. The largest absolute Gasteiger partial charge is 0.867 e. The fraction of sp³-hybridized carbons (Fsp3) is 0.0667. The zero-order valence-corrected chi connectivity index (χ0v) is 12.7. The number of nitrogens with zero attached hydrogens (tertiary/aromatic N) is 3. The Hall–Kier alpha value is -3.82. The Morgan fingerprint density at radius 1 is 1.12 bits per heavy atom. The van der Waals surface area contributed by atoms with Gasteiger partial charge < -0.3 is 15.0 Å². The van der Waals surface area contributed by atoms with E-state index in [0.717, 1.165) is 12.3 Å². The fourth-order valence-electron chi connectivity index (χ4n) is 1.97. The molecule has 2 aromatic rings. The van der Waals surface area contributed by atoms with E-state index in [4.69, 9.17) is 0 Å². The van der Waals surface area contributed by atoms with Crippen LogP contribution in [0.3, 0.4) is 0 Å². The van der Waals surface area contributed by atoms with Crippen molar-refractivity contribution in [2.75, 3.05) is 0 Å². The molecule has 0 heterocycles. The van der Waals surface area contributed by atoms with E-state index in [1.807, 2.05) is 0 Å². The molecule has 0 unspecified atom stereocenters. The van der Waals surface area contributed by atoms with Crippen molar-refractivity contribution in [3.05, 3.63) is 67.3 Å². The van der Waals surface area contributed by atoms with E-state index in [9.17, 15) is 35.2 Å². The van der Waals surface area contributed by atoms with Gasteiger partial charge in [-0.15, -0.1) is 0 Å². The van der Waals surface area contributed by atoms with Gasteiger partial charge in [0, 0.05) is 12.3 Å². The molecule has 25 heavy (non-hydrogen) atoms. The van der Waals surface area contributed by atoms with E-state index in [-0.39, 0.29) is 16.8 Å². The van der Waals surface area contributed by atoms with Crippen LogP contribution < -0.4 is 10.2 Å². The fourth-order valence-corrected chi connectivity index (χ4v) is 1.97. The SMILES string of the molecule is Cc1ccc(C(=O)[O-])cc1N=Cc1cc([N+](=O)[O-])cc([N+](=O)[O-])c1[O-]. The van der Waals surface area contributed by atoms with Crippen LogP contribution in [0.1, 0.15) is 21.5 Å². The Morgan fingerprint density at radius 2 is 1.80 bits per heavy atom. The number of hydrogen-bond acceptors (Lipinski definition) is 8. The number of rotatable bonds is 5. The molecule has 0 saturated carbocycles. The standard InChI is InChI=1S/C15H11N3O7/c1-8-2-3-9(15(20)21)5-12(8)16-7-10-4-11(17(22)23)6-13(14(10)19)18(24)25/h2-7,19H,1H3,(H,20,21)/p-2. The van der Waals surface area contributed by atoms with Crippen LogP contribution in [-0.4, -0.2) is 22.0 Å². The normalized spacial score (nSPS) is 10.8. The summed E-state index contributed by atoms with van der Waals surface area (Å²) in [5.41, 5.74) is -1.35.